The van der Waals surface area contributed by atoms with Gasteiger partial charge in [0.15, 0.2) is 0 Å². The zero-order valence-corrected chi connectivity index (χ0v) is 26.2. The van der Waals surface area contributed by atoms with Gasteiger partial charge in [0.1, 0.15) is 11.7 Å². The second-order valence-corrected chi connectivity index (χ2v) is 12.6. The Kier molecular flexibility index (Phi) is 7.38. The Balaban J connectivity index is 1.67. The van der Waals surface area contributed by atoms with Gasteiger partial charge in [-0.15, -0.1) is 0 Å². The number of carbonyl (C=O) groups excluding carboxylic acids is 1. The Morgan fingerprint density at radius 3 is 2.34 bits per heavy atom. The number of allylic oxidation sites excluding steroid dienone is 3. The van der Waals surface area contributed by atoms with E-state index in [9.17, 15) is 19.8 Å². The van der Waals surface area contributed by atoms with Crippen LogP contribution in [0.1, 0.15) is 73.8 Å². The van der Waals surface area contributed by atoms with Gasteiger partial charge in [-0.1, -0.05) is 33.4 Å². The van der Waals surface area contributed by atoms with Crippen molar-refractivity contribution in [3.05, 3.63) is 68.0 Å². The third kappa shape index (κ3) is 4.43. The summed E-state index contributed by atoms with van der Waals surface area (Å²) in [5.74, 6) is -2.14. The molecule has 6 N–H and O–H groups in total. The van der Waals surface area contributed by atoms with Crippen LogP contribution < -0.4 is 21.2 Å². The molecule has 6 rings (SSSR count). The van der Waals surface area contributed by atoms with Gasteiger partial charge in [-0.25, -0.2) is 0 Å². The van der Waals surface area contributed by atoms with E-state index in [0.29, 0.717) is 22.6 Å². The van der Waals surface area contributed by atoms with Crippen molar-refractivity contribution >= 4 is 47.6 Å². The highest BCUT2D eigenvalue weighted by atomic mass is 16.5. The summed E-state index contributed by atoms with van der Waals surface area (Å²) in [6, 6.07) is -0.414. The molecule has 5 heterocycles. The van der Waals surface area contributed by atoms with Crippen LogP contribution in [0.15, 0.2) is 23.7 Å². The van der Waals surface area contributed by atoms with E-state index in [4.69, 9.17) is 4.74 Å². The fourth-order valence-electron chi connectivity index (χ4n) is 7.93. The lowest BCUT2D eigenvalue weighted by Gasteiger charge is -2.26. The standard InChI is InChI=1S/C35H42N4O5/c1-8-19-15(3)22-12-24-17(5)21(10-11-28(40)41)32(38-24)30-31(35(43)44-7)34(42)29-18(6)25(39-33(29)30)14-27-20(9-2)16(4)23(37-27)13-26(19)36-22/h8,12-14,16-17,20-21,31-32,36-39,42H,1,9-11H2,2-7H3,(H,40,41)/b23-13-,24-12-,27-14-/t16-,17+,20?,21+,31-,32-/m1/s1. The molecule has 8 bridgehead atoms. The molecule has 2 saturated heterocycles. The minimum Gasteiger partial charge on any atom is -0.510 e. The van der Waals surface area contributed by atoms with Gasteiger partial charge in [-0.3, -0.25) is 9.59 Å². The topological polar surface area (TPSA) is 139 Å². The Morgan fingerprint density at radius 2 is 1.68 bits per heavy atom. The monoisotopic (exact) mass is 598 g/mol. The molecule has 9 heteroatoms. The van der Waals surface area contributed by atoms with Crippen LogP contribution in [0.4, 0.5) is 0 Å². The second kappa shape index (κ2) is 10.9. The van der Waals surface area contributed by atoms with Crippen LogP contribution in [0.2, 0.25) is 0 Å². The molecule has 3 aliphatic heterocycles. The molecule has 9 nitrogen and oxygen atoms in total. The number of hydrogen-bond acceptors (Lipinski definition) is 6. The van der Waals surface area contributed by atoms with E-state index in [2.05, 4.69) is 73.1 Å². The van der Waals surface area contributed by atoms with Crippen LogP contribution >= 0.6 is 0 Å². The fourth-order valence-corrected chi connectivity index (χ4v) is 7.93. The van der Waals surface area contributed by atoms with Crippen LogP contribution in [0.25, 0.3) is 35.6 Å². The van der Waals surface area contributed by atoms with Gasteiger partial charge in [0.05, 0.1) is 18.5 Å². The van der Waals surface area contributed by atoms with Crippen molar-refractivity contribution in [2.45, 2.75) is 59.9 Å². The molecule has 0 radical (unpaired) electrons. The summed E-state index contributed by atoms with van der Waals surface area (Å²) in [4.78, 5) is 32.2. The third-order valence-corrected chi connectivity index (χ3v) is 10.5. The minimum atomic E-state index is -0.995. The number of aromatic nitrogens is 2. The molecule has 2 fully saturated rings. The molecule has 6 atom stereocenters. The fraction of sp³-hybridized carbons (Fsp3) is 0.429. The maximum absolute atomic E-state index is 13.3. The second-order valence-electron chi connectivity index (χ2n) is 12.6. The number of fused-ring (bicyclic) bond motifs is 8. The van der Waals surface area contributed by atoms with E-state index >= 15 is 0 Å². The lowest BCUT2D eigenvalue weighted by atomic mass is 9.80. The molecular formula is C35H42N4O5. The molecule has 1 aliphatic carbocycles. The molecule has 2 aromatic rings. The van der Waals surface area contributed by atoms with E-state index in [-0.39, 0.29) is 35.9 Å². The lowest BCUT2D eigenvalue weighted by Crippen LogP contribution is -2.38. The average molecular weight is 599 g/mol. The van der Waals surface area contributed by atoms with Crippen molar-refractivity contribution < 1.29 is 24.5 Å². The molecule has 0 saturated carbocycles. The van der Waals surface area contributed by atoms with E-state index < -0.39 is 23.9 Å². The summed E-state index contributed by atoms with van der Waals surface area (Å²) in [7, 11) is 1.32. The van der Waals surface area contributed by atoms with Gasteiger partial charge in [-0.2, -0.15) is 0 Å². The van der Waals surface area contributed by atoms with Gasteiger partial charge in [-0.05, 0) is 67.5 Å². The van der Waals surface area contributed by atoms with Crippen LogP contribution in [0.5, 0.6) is 0 Å². The first-order valence-electron chi connectivity index (χ1n) is 15.5. The number of nitrogens with one attached hydrogen (secondary N) is 4. The summed E-state index contributed by atoms with van der Waals surface area (Å²) in [6.07, 6.45) is 9.62. The first-order chi connectivity index (χ1) is 21.0. The minimum absolute atomic E-state index is 0.0115. The molecule has 232 valence electrons. The number of hydrogen-bond donors (Lipinski definition) is 6. The molecule has 0 amide bonds. The average Bonchev–Trinajstić information content (AvgIpc) is 3.72. The molecule has 0 aromatic carbocycles. The quantitative estimate of drug-likeness (QED) is 0.272. The number of aliphatic hydroxyl groups is 1. The number of aromatic amines is 2. The number of methoxy groups -OCH3 is 1. The third-order valence-electron chi connectivity index (χ3n) is 10.5. The van der Waals surface area contributed by atoms with Crippen LogP contribution in [-0.4, -0.2) is 45.3 Å². The number of aliphatic hydroxyl groups excluding tert-OH is 1. The number of ether oxygens (including phenoxy) is 1. The van der Waals surface area contributed by atoms with Gasteiger partial charge < -0.3 is 35.6 Å². The van der Waals surface area contributed by atoms with Crippen LogP contribution in [0, 0.1) is 43.4 Å². The highest BCUT2D eigenvalue weighted by molar-refractivity contribution is 5.95. The van der Waals surface area contributed by atoms with Crippen molar-refractivity contribution in [3.8, 4) is 0 Å². The maximum Gasteiger partial charge on any atom is 0.320 e. The van der Waals surface area contributed by atoms with Crippen LogP contribution in [0.3, 0.4) is 0 Å². The SMILES string of the molecule is C=Cc1c2[nH]c(c1C)/C=C1\N[C@@H](C3=c4[nH]c(c(C)c4=C(O)[C@@H]3C(=O)OC)/C=C3\N/C(=C\2)[C@H](C)C3CC)[C@@H](CCC(=O)O)[C@@H]1C. The number of rotatable bonds is 6. The summed E-state index contributed by atoms with van der Waals surface area (Å²) in [5, 5.41) is 30.0. The zero-order chi connectivity index (χ0) is 31.6. The Bertz CT molecular complexity index is 1800. The molecule has 2 aromatic heterocycles. The van der Waals surface area contributed by atoms with Gasteiger partial charge >= 0.3 is 11.9 Å². The van der Waals surface area contributed by atoms with Crippen molar-refractivity contribution in [2.75, 3.05) is 7.11 Å². The van der Waals surface area contributed by atoms with Gasteiger partial charge in [0, 0.05) is 69.1 Å². The zero-order valence-electron chi connectivity index (χ0n) is 26.2. The largest absolute Gasteiger partial charge is 0.510 e. The van der Waals surface area contributed by atoms with Crippen LogP contribution in [-0.2, 0) is 14.3 Å². The summed E-state index contributed by atoms with van der Waals surface area (Å²) in [5.41, 5.74) is 9.54. The highest BCUT2D eigenvalue weighted by Crippen LogP contribution is 2.43. The molecule has 0 spiro atoms. The summed E-state index contributed by atoms with van der Waals surface area (Å²) >= 11 is 0. The lowest BCUT2D eigenvalue weighted by molar-refractivity contribution is -0.142. The number of H-pyrrole nitrogens is 2. The van der Waals surface area contributed by atoms with Crippen molar-refractivity contribution in [1.82, 2.24) is 20.6 Å². The van der Waals surface area contributed by atoms with Gasteiger partial charge in [0.25, 0.3) is 0 Å². The van der Waals surface area contributed by atoms with E-state index in [0.717, 1.165) is 57.3 Å². The number of esters is 1. The van der Waals surface area contributed by atoms with Crippen molar-refractivity contribution in [3.63, 3.8) is 0 Å². The number of carbonyl (C=O) groups is 2. The summed E-state index contributed by atoms with van der Waals surface area (Å²) < 4.78 is 5.21. The predicted molar refractivity (Wildman–Crippen MR) is 172 cm³/mol. The maximum atomic E-state index is 13.3. The predicted octanol–water partition coefficient (Wildman–Crippen LogP) is 4.31. The number of carboxylic acid groups (broad SMARTS) is 1. The van der Waals surface area contributed by atoms with Crippen molar-refractivity contribution in [2.24, 2.45) is 29.6 Å². The summed E-state index contributed by atoms with van der Waals surface area (Å²) in [6.45, 7) is 14.6. The Hall–Kier alpha value is -4.40. The van der Waals surface area contributed by atoms with E-state index in [1.165, 1.54) is 7.11 Å². The number of carboxylic acids is 1. The number of aliphatic carboxylic acids is 1. The molecule has 4 aliphatic rings. The Labute approximate surface area is 257 Å². The smallest absolute Gasteiger partial charge is 0.320 e. The highest BCUT2D eigenvalue weighted by Gasteiger charge is 2.47. The first-order valence-corrected chi connectivity index (χ1v) is 15.5. The molecule has 1 unspecified atom stereocenters. The normalized spacial score (nSPS) is 30.5. The van der Waals surface area contributed by atoms with Crippen molar-refractivity contribution in [1.29, 1.82) is 0 Å². The Morgan fingerprint density at radius 1 is 1.00 bits per heavy atom. The molecule has 44 heavy (non-hydrogen) atoms. The van der Waals surface area contributed by atoms with E-state index in [1.807, 2.05) is 13.0 Å². The molecular weight excluding hydrogens is 556 g/mol. The van der Waals surface area contributed by atoms with E-state index in [1.54, 1.807) is 0 Å². The first kappa shape index (κ1) is 29.7. The van der Waals surface area contributed by atoms with Gasteiger partial charge in [0.2, 0.25) is 0 Å².